The zero-order valence-corrected chi connectivity index (χ0v) is 12.1. The number of ether oxygens (including phenoxy) is 2. The van der Waals surface area contributed by atoms with E-state index in [1.807, 2.05) is 13.8 Å². The van der Waals surface area contributed by atoms with E-state index in [1.165, 1.54) is 0 Å². The van der Waals surface area contributed by atoms with E-state index in [2.05, 4.69) is 0 Å². The number of benzene rings is 1. The first-order valence-corrected chi connectivity index (χ1v) is 6.44. The quantitative estimate of drug-likeness (QED) is 0.770. The van der Waals surface area contributed by atoms with Gasteiger partial charge in [0.15, 0.2) is 6.10 Å². The van der Waals surface area contributed by atoms with E-state index in [0.717, 1.165) is 0 Å². The topological polar surface area (TPSA) is 35.5 Å². The van der Waals surface area contributed by atoms with Crippen LogP contribution in [0.4, 0.5) is 0 Å². The van der Waals surface area contributed by atoms with Crippen molar-refractivity contribution in [2.45, 2.75) is 26.9 Å². The van der Waals surface area contributed by atoms with Crippen LogP contribution in [0.2, 0.25) is 10.0 Å². The van der Waals surface area contributed by atoms with Gasteiger partial charge in [0.05, 0.1) is 16.7 Å². The number of hydrogen-bond donors (Lipinski definition) is 0. The molecule has 0 heterocycles. The molecule has 5 heteroatoms. The van der Waals surface area contributed by atoms with Crippen LogP contribution in [0.1, 0.15) is 20.8 Å². The molecule has 0 spiro atoms. The van der Waals surface area contributed by atoms with E-state index >= 15 is 0 Å². The SMILES string of the molecule is CC(C)COC(=O)C(C)Oc1ccc(Cl)c(Cl)c1. The highest BCUT2D eigenvalue weighted by Gasteiger charge is 2.17. The summed E-state index contributed by atoms with van der Waals surface area (Å²) in [7, 11) is 0. The van der Waals surface area contributed by atoms with Crippen LogP contribution in [0.25, 0.3) is 0 Å². The van der Waals surface area contributed by atoms with Gasteiger partial charge in [-0.05, 0) is 25.0 Å². The van der Waals surface area contributed by atoms with Crippen LogP contribution in [0.3, 0.4) is 0 Å². The molecule has 3 nitrogen and oxygen atoms in total. The molecule has 0 aromatic heterocycles. The molecule has 1 rings (SSSR count). The second-order valence-corrected chi connectivity index (χ2v) is 5.17. The lowest BCUT2D eigenvalue weighted by atomic mass is 10.2. The Kier molecular flexibility index (Phi) is 5.76. The fourth-order valence-electron chi connectivity index (χ4n) is 1.17. The summed E-state index contributed by atoms with van der Waals surface area (Å²) in [5.74, 6) is 0.388. The molecule has 0 saturated heterocycles. The zero-order chi connectivity index (χ0) is 13.7. The Bertz CT molecular complexity index is 419. The molecular formula is C13H16Cl2O3. The highest BCUT2D eigenvalue weighted by atomic mass is 35.5. The average Bonchev–Trinajstić information content (AvgIpc) is 2.30. The van der Waals surface area contributed by atoms with Crippen molar-refractivity contribution in [1.82, 2.24) is 0 Å². The summed E-state index contributed by atoms with van der Waals surface area (Å²) < 4.78 is 10.5. The van der Waals surface area contributed by atoms with Crippen LogP contribution in [0.5, 0.6) is 5.75 Å². The van der Waals surface area contributed by atoms with Gasteiger partial charge in [0.25, 0.3) is 0 Å². The van der Waals surface area contributed by atoms with Crippen LogP contribution >= 0.6 is 23.2 Å². The first-order valence-electron chi connectivity index (χ1n) is 5.68. The molecule has 1 atom stereocenters. The second-order valence-electron chi connectivity index (χ2n) is 4.36. The van der Waals surface area contributed by atoms with Crippen molar-refractivity contribution in [2.75, 3.05) is 6.61 Å². The highest BCUT2D eigenvalue weighted by Crippen LogP contribution is 2.26. The normalized spacial score (nSPS) is 12.3. The van der Waals surface area contributed by atoms with Crippen molar-refractivity contribution in [1.29, 1.82) is 0 Å². The van der Waals surface area contributed by atoms with E-state index in [-0.39, 0.29) is 0 Å². The number of esters is 1. The van der Waals surface area contributed by atoms with E-state index in [9.17, 15) is 4.79 Å². The Balaban J connectivity index is 2.55. The molecule has 1 aromatic rings. The molecule has 0 saturated carbocycles. The van der Waals surface area contributed by atoms with Crippen molar-refractivity contribution >= 4 is 29.2 Å². The molecule has 1 aromatic carbocycles. The summed E-state index contributed by atoms with van der Waals surface area (Å²) in [4.78, 5) is 11.6. The second kappa shape index (κ2) is 6.86. The fraction of sp³-hybridized carbons (Fsp3) is 0.462. The molecule has 1 unspecified atom stereocenters. The van der Waals surface area contributed by atoms with Crippen LogP contribution < -0.4 is 4.74 Å². The van der Waals surface area contributed by atoms with Gasteiger partial charge in [-0.3, -0.25) is 0 Å². The minimum absolute atomic E-state index is 0.297. The zero-order valence-electron chi connectivity index (χ0n) is 10.6. The third-order valence-electron chi connectivity index (χ3n) is 2.09. The van der Waals surface area contributed by atoms with Gasteiger partial charge in [0.1, 0.15) is 5.75 Å². The lowest BCUT2D eigenvalue weighted by molar-refractivity contribution is -0.152. The number of carbonyl (C=O) groups is 1. The molecule has 0 aliphatic rings. The number of rotatable bonds is 5. The van der Waals surface area contributed by atoms with Gasteiger partial charge in [-0.15, -0.1) is 0 Å². The summed E-state index contributed by atoms with van der Waals surface area (Å²) in [6.07, 6.45) is -0.680. The largest absolute Gasteiger partial charge is 0.479 e. The minimum Gasteiger partial charge on any atom is -0.479 e. The van der Waals surface area contributed by atoms with Gasteiger partial charge in [0, 0.05) is 6.07 Å². The Hall–Kier alpha value is -0.930. The van der Waals surface area contributed by atoms with E-state index in [1.54, 1.807) is 25.1 Å². The monoisotopic (exact) mass is 290 g/mol. The van der Waals surface area contributed by atoms with Gasteiger partial charge in [-0.25, -0.2) is 4.79 Å². The molecule has 0 aliphatic carbocycles. The van der Waals surface area contributed by atoms with Gasteiger partial charge >= 0.3 is 5.97 Å². The molecule has 100 valence electrons. The Labute approximate surface area is 117 Å². The fourth-order valence-corrected chi connectivity index (χ4v) is 1.46. The van der Waals surface area contributed by atoms with Gasteiger partial charge in [-0.2, -0.15) is 0 Å². The molecule has 0 amide bonds. The van der Waals surface area contributed by atoms with Crippen LogP contribution in [0.15, 0.2) is 18.2 Å². The lowest BCUT2D eigenvalue weighted by Crippen LogP contribution is -2.27. The summed E-state index contributed by atoms with van der Waals surface area (Å²) in [6.45, 7) is 5.95. The number of halogens is 2. The molecule has 0 fully saturated rings. The van der Waals surface area contributed by atoms with Gasteiger partial charge < -0.3 is 9.47 Å². The van der Waals surface area contributed by atoms with Crippen LogP contribution in [-0.4, -0.2) is 18.7 Å². The van der Waals surface area contributed by atoms with E-state index in [4.69, 9.17) is 32.7 Å². The maximum Gasteiger partial charge on any atom is 0.347 e. The van der Waals surface area contributed by atoms with Gasteiger partial charge in [0.2, 0.25) is 0 Å². The number of carbonyl (C=O) groups excluding carboxylic acids is 1. The summed E-state index contributed by atoms with van der Waals surface area (Å²) in [5, 5.41) is 0.830. The summed E-state index contributed by atoms with van der Waals surface area (Å²) in [5.41, 5.74) is 0. The molecular weight excluding hydrogens is 275 g/mol. The van der Waals surface area contributed by atoms with Crippen molar-refractivity contribution in [3.8, 4) is 5.75 Å². The summed E-state index contributed by atoms with van der Waals surface area (Å²) >= 11 is 11.6. The first kappa shape index (κ1) is 15.1. The van der Waals surface area contributed by atoms with Gasteiger partial charge in [-0.1, -0.05) is 37.0 Å². The predicted molar refractivity (Wildman–Crippen MR) is 72.3 cm³/mol. The van der Waals surface area contributed by atoms with Crippen molar-refractivity contribution in [3.63, 3.8) is 0 Å². The van der Waals surface area contributed by atoms with E-state index in [0.29, 0.717) is 28.3 Å². The molecule has 0 bridgehead atoms. The number of hydrogen-bond acceptors (Lipinski definition) is 3. The Morgan fingerprint density at radius 3 is 2.44 bits per heavy atom. The first-order chi connectivity index (χ1) is 8.40. The maximum atomic E-state index is 11.6. The van der Waals surface area contributed by atoms with Crippen LogP contribution in [0, 0.1) is 5.92 Å². The van der Waals surface area contributed by atoms with Crippen molar-refractivity contribution < 1.29 is 14.3 Å². The molecule has 18 heavy (non-hydrogen) atoms. The standard InChI is InChI=1S/C13H16Cl2O3/c1-8(2)7-17-13(16)9(3)18-10-4-5-11(14)12(15)6-10/h4-6,8-9H,7H2,1-3H3. The third kappa shape index (κ3) is 4.75. The third-order valence-corrected chi connectivity index (χ3v) is 2.83. The smallest absolute Gasteiger partial charge is 0.347 e. The van der Waals surface area contributed by atoms with E-state index < -0.39 is 12.1 Å². The van der Waals surface area contributed by atoms with Crippen molar-refractivity contribution in [2.24, 2.45) is 5.92 Å². The highest BCUT2D eigenvalue weighted by molar-refractivity contribution is 6.42. The maximum absolute atomic E-state index is 11.6. The molecule has 0 aliphatic heterocycles. The van der Waals surface area contributed by atoms with Crippen LogP contribution in [-0.2, 0) is 9.53 Å². The summed E-state index contributed by atoms with van der Waals surface area (Å²) in [6, 6.07) is 4.84. The molecule has 0 N–H and O–H groups in total. The molecule has 0 radical (unpaired) electrons. The lowest BCUT2D eigenvalue weighted by Gasteiger charge is -2.15. The average molecular weight is 291 g/mol. The minimum atomic E-state index is -0.680. The Morgan fingerprint density at radius 1 is 1.22 bits per heavy atom. The van der Waals surface area contributed by atoms with Crippen molar-refractivity contribution in [3.05, 3.63) is 28.2 Å². The Morgan fingerprint density at radius 2 is 1.89 bits per heavy atom. The predicted octanol–water partition coefficient (Wildman–Crippen LogP) is 3.96.